The molecule has 1 N–H and O–H groups in total. The Bertz CT molecular complexity index is 859. The molecule has 9 heteroatoms. The molecule has 1 fully saturated rings. The second-order valence-electron chi connectivity index (χ2n) is 6.21. The topological polar surface area (TPSA) is 61.7 Å². The highest BCUT2D eigenvalue weighted by atomic mass is 35.5. The Morgan fingerprint density at radius 1 is 1.22 bits per heavy atom. The van der Waals surface area contributed by atoms with E-state index in [4.69, 9.17) is 23.8 Å². The zero-order valence-electron chi connectivity index (χ0n) is 14.4. The molecular formula is C18H18ClFN4O2S. The summed E-state index contributed by atoms with van der Waals surface area (Å²) in [7, 11) is 0. The second kappa shape index (κ2) is 8.60. The first kappa shape index (κ1) is 19.5. The van der Waals surface area contributed by atoms with Crippen LogP contribution in [0.15, 0.2) is 42.5 Å². The fourth-order valence-corrected chi connectivity index (χ4v) is 3.35. The summed E-state index contributed by atoms with van der Waals surface area (Å²) in [6.45, 7) is 3.37. The molecule has 1 heterocycles. The van der Waals surface area contributed by atoms with Gasteiger partial charge in [-0.25, -0.2) is 4.39 Å². The number of nitrogens with one attached hydrogen (secondary N) is 1. The number of halogens is 2. The van der Waals surface area contributed by atoms with Crippen molar-refractivity contribution in [2.45, 2.75) is 6.54 Å². The minimum atomic E-state index is -0.480. The highest BCUT2D eigenvalue weighted by Crippen LogP contribution is 2.27. The zero-order valence-corrected chi connectivity index (χ0v) is 16.0. The summed E-state index contributed by atoms with van der Waals surface area (Å²) < 4.78 is 13.8. The van der Waals surface area contributed by atoms with E-state index in [9.17, 15) is 14.5 Å². The van der Waals surface area contributed by atoms with Gasteiger partial charge in [0.2, 0.25) is 0 Å². The monoisotopic (exact) mass is 408 g/mol. The van der Waals surface area contributed by atoms with Crippen LogP contribution in [0.25, 0.3) is 0 Å². The van der Waals surface area contributed by atoms with Gasteiger partial charge < -0.3 is 10.2 Å². The van der Waals surface area contributed by atoms with Gasteiger partial charge in [0.05, 0.1) is 15.6 Å². The van der Waals surface area contributed by atoms with Gasteiger partial charge in [-0.3, -0.25) is 15.0 Å². The van der Waals surface area contributed by atoms with Crippen LogP contribution in [0.1, 0.15) is 5.56 Å². The molecule has 0 aliphatic carbocycles. The van der Waals surface area contributed by atoms with Gasteiger partial charge in [-0.05, 0) is 24.4 Å². The number of thiocarbonyl (C=S) groups is 1. The van der Waals surface area contributed by atoms with E-state index < -0.39 is 4.92 Å². The van der Waals surface area contributed by atoms with Crippen molar-refractivity contribution >= 4 is 40.3 Å². The molecule has 2 aromatic carbocycles. The van der Waals surface area contributed by atoms with Crippen LogP contribution in [0.5, 0.6) is 0 Å². The number of nitro groups is 1. The molecule has 1 aliphatic rings. The lowest BCUT2D eigenvalue weighted by Crippen LogP contribution is -2.49. The van der Waals surface area contributed by atoms with E-state index in [0.29, 0.717) is 41.0 Å². The summed E-state index contributed by atoms with van der Waals surface area (Å²) in [5.41, 5.74) is 1.03. The molecule has 6 nitrogen and oxygen atoms in total. The minimum absolute atomic E-state index is 0.0561. The quantitative estimate of drug-likeness (QED) is 0.470. The van der Waals surface area contributed by atoms with E-state index in [1.54, 1.807) is 12.1 Å². The molecule has 1 saturated heterocycles. The predicted octanol–water partition coefficient (Wildman–Crippen LogP) is 3.90. The van der Waals surface area contributed by atoms with E-state index in [0.717, 1.165) is 13.1 Å². The van der Waals surface area contributed by atoms with Crippen LogP contribution in [0.3, 0.4) is 0 Å². The Hall–Kier alpha value is -2.29. The van der Waals surface area contributed by atoms with Crippen LogP contribution in [0.2, 0.25) is 5.02 Å². The summed E-state index contributed by atoms with van der Waals surface area (Å²) in [5.74, 6) is -0.197. The Balaban J connectivity index is 1.57. The van der Waals surface area contributed by atoms with E-state index in [-0.39, 0.29) is 11.5 Å². The lowest BCUT2D eigenvalue weighted by Gasteiger charge is -2.36. The third kappa shape index (κ3) is 4.91. The predicted molar refractivity (Wildman–Crippen MR) is 108 cm³/mol. The first-order valence-corrected chi connectivity index (χ1v) is 9.18. The van der Waals surface area contributed by atoms with Crippen LogP contribution >= 0.6 is 23.8 Å². The van der Waals surface area contributed by atoms with Crippen LogP contribution in [-0.4, -0.2) is 46.0 Å². The van der Waals surface area contributed by atoms with Crippen molar-refractivity contribution in [3.8, 4) is 0 Å². The third-order valence-electron chi connectivity index (χ3n) is 4.41. The molecule has 0 amide bonds. The Kier molecular flexibility index (Phi) is 6.20. The summed E-state index contributed by atoms with van der Waals surface area (Å²) in [4.78, 5) is 14.6. The second-order valence-corrected chi connectivity index (χ2v) is 7.00. The number of nitro benzene ring substituents is 1. The summed E-state index contributed by atoms with van der Waals surface area (Å²) in [6.07, 6.45) is 0. The van der Waals surface area contributed by atoms with Gasteiger partial charge in [0.15, 0.2) is 5.11 Å². The van der Waals surface area contributed by atoms with Crippen molar-refractivity contribution in [2.75, 3.05) is 31.5 Å². The maximum Gasteiger partial charge on any atom is 0.271 e. The molecule has 0 radical (unpaired) electrons. The number of piperazine rings is 1. The van der Waals surface area contributed by atoms with Crippen molar-refractivity contribution in [2.24, 2.45) is 0 Å². The molecule has 1 aliphatic heterocycles. The molecule has 0 saturated carbocycles. The van der Waals surface area contributed by atoms with E-state index >= 15 is 0 Å². The Morgan fingerprint density at radius 2 is 1.93 bits per heavy atom. The van der Waals surface area contributed by atoms with Gasteiger partial charge in [0.1, 0.15) is 5.82 Å². The molecule has 2 aromatic rings. The molecule has 0 bridgehead atoms. The normalized spacial score (nSPS) is 14.8. The largest absolute Gasteiger partial charge is 0.346 e. The third-order valence-corrected chi connectivity index (χ3v) is 5.10. The van der Waals surface area contributed by atoms with Gasteiger partial charge in [-0.15, -0.1) is 0 Å². The molecule has 0 spiro atoms. The molecule has 27 heavy (non-hydrogen) atoms. The van der Waals surface area contributed by atoms with Crippen molar-refractivity contribution in [1.82, 2.24) is 9.80 Å². The van der Waals surface area contributed by atoms with Gasteiger partial charge in [-0.1, -0.05) is 29.8 Å². The van der Waals surface area contributed by atoms with Crippen molar-refractivity contribution in [1.29, 1.82) is 0 Å². The van der Waals surface area contributed by atoms with Crippen LogP contribution in [0, 0.1) is 15.9 Å². The number of benzene rings is 2. The SMILES string of the molecule is O=[N+]([O-])c1ccc(Cl)c(NC(=S)N2CCN(Cc3ccccc3F)CC2)c1. The number of rotatable bonds is 4. The van der Waals surface area contributed by atoms with Gasteiger partial charge >= 0.3 is 0 Å². The minimum Gasteiger partial charge on any atom is -0.346 e. The van der Waals surface area contributed by atoms with Crippen LogP contribution in [0.4, 0.5) is 15.8 Å². The fraction of sp³-hybridized carbons (Fsp3) is 0.278. The number of hydrogen-bond acceptors (Lipinski definition) is 4. The smallest absolute Gasteiger partial charge is 0.271 e. The van der Waals surface area contributed by atoms with E-state index in [1.807, 2.05) is 11.0 Å². The summed E-state index contributed by atoms with van der Waals surface area (Å²) >= 11 is 11.5. The highest BCUT2D eigenvalue weighted by Gasteiger charge is 2.21. The van der Waals surface area contributed by atoms with Crippen molar-refractivity contribution < 1.29 is 9.31 Å². The molecule has 0 unspecified atom stereocenters. The Morgan fingerprint density at radius 3 is 2.59 bits per heavy atom. The molecular weight excluding hydrogens is 391 g/mol. The Labute approximate surface area is 166 Å². The molecule has 142 valence electrons. The average molecular weight is 409 g/mol. The van der Waals surface area contributed by atoms with Gasteiger partial charge in [0, 0.05) is 50.4 Å². The standard InChI is InChI=1S/C18H18ClFN4O2S/c19-15-6-5-14(24(25)26)11-17(15)21-18(27)23-9-7-22(8-10-23)12-13-3-1-2-4-16(13)20/h1-6,11H,7-10,12H2,(H,21,27). The van der Waals surface area contributed by atoms with Crippen molar-refractivity contribution in [3.63, 3.8) is 0 Å². The number of anilines is 1. The van der Waals surface area contributed by atoms with Crippen LogP contribution < -0.4 is 5.32 Å². The summed E-state index contributed by atoms with van der Waals surface area (Å²) in [5, 5.41) is 14.7. The molecule has 0 atom stereocenters. The first-order chi connectivity index (χ1) is 12.9. The highest BCUT2D eigenvalue weighted by molar-refractivity contribution is 7.80. The molecule has 0 aromatic heterocycles. The van der Waals surface area contributed by atoms with E-state index in [1.165, 1.54) is 24.3 Å². The zero-order chi connectivity index (χ0) is 19.4. The summed E-state index contributed by atoms with van der Waals surface area (Å²) in [6, 6.07) is 10.9. The van der Waals surface area contributed by atoms with Crippen LogP contribution in [-0.2, 0) is 6.54 Å². The van der Waals surface area contributed by atoms with Crippen molar-refractivity contribution in [3.05, 3.63) is 69.0 Å². The lowest BCUT2D eigenvalue weighted by atomic mass is 10.2. The lowest BCUT2D eigenvalue weighted by molar-refractivity contribution is -0.384. The molecule has 3 rings (SSSR count). The van der Waals surface area contributed by atoms with E-state index in [2.05, 4.69) is 10.2 Å². The van der Waals surface area contributed by atoms with Gasteiger partial charge in [-0.2, -0.15) is 0 Å². The number of hydrogen-bond donors (Lipinski definition) is 1. The first-order valence-electron chi connectivity index (χ1n) is 8.39. The fourth-order valence-electron chi connectivity index (χ4n) is 2.89. The number of nitrogens with zero attached hydrogens (tertiary/aromatic N) is 3. The maximum absolute atomic E-state index is 13.8. The number of non-ortho nitro benzene ring substituents is 1. The van der Waals surface area contributed by atoms with Gasteiger partial charge in [0.25, 0.3) is 5.69 Å². The maximum atomic E-state index is 13.8. The average Bonchev–Trinajstić information content (AvgIpc) is 2.65.